The molecule has 5 heteroatoms. The number of anilines is 1. The Morgan fingerprint density at radius 2 is 2.21 bits per heavy atom. The molecule has 0 aromatic carbocycles. The first-order valence-corrected chi connectivity index (χ1v) is 4.54. The van der Waals surface area contributed by atoms with Gasteiger partial charge < -0.3 is 10.4 Å². The van der Waals surface area contributed by atoms with Gasteiger partial charge in [0.15, 0.2) is 11.5 Å². The average molecular weight is 195 g/mol. The van der Waals surface area contributed by atoms with Gasteiger partial charge in [0.2, 0.25) is 0 Å². The van der Waals surface area contributed by atoms with Crippen molar-refractivity contribution in [2.75, 3.05) is 11.9 Å². The van der Waals surface area contributed by atoms with E-state index in [0.29, 0.717) is 5.82 Å². The van der Waals surface area contributed by atoms with Gasteiger partial charge in [0.05, 0.1) is 0 Å². The fourth-order valence-electron chi connectivity index (χ4n) is 1.01. The molecule has 0 aliphatic rings. The van der Waals surface area contributed by atoms with E-state index in [9.17, 15) is 4.79 Å². The molecule has 0 bridgehead atoms. The Hall–Kier alpha value is -1.65. The van der Waals surface area contributed by atoms with Crippen LogP contribution in [-0.4, -0.2) is 27.6 Å². The number of rotatable bonds is 5. The molecule has 1 aromatic rings. The number of nitrogens with zero attached hydrogens (tertiary/aromatic N) is 2. The van der Waals surface area contributed by atoms with Gasteiger partial charge in [-0.1, -0.05) is 13.3 Å². The Kier molecular flexibility index (Phi) is 3.84. The number of carbonyl (C=O) groups is 1. The summed E-state index contributed by atoms with van der Waals surface area (Å²) in [7, 11) is 0. The third kappa shape index (κ3) is 2.69. The third-order valence-electron chi connectivity index (χ3n) is 1.72. The fraction of sp³-hybridized carbons (Fsp3) is 0.444. The number of aromatic nitrogens is 2. The molecule has 0 saturated carbocycles. The third-order valence-corrected chi connectivity index (χ3v) is 1.72. The molecule has 0 atom stereocenters. The number of hydrogen-bond acceptors (Lipinski definition) is 4. The highest BCUT2D eigenvalue weighted by atomic mass is 16.4. The molecule has 1 aromatic heterocycles. The van der Waals surface area contributed by atoms with Crippen molar-refractivity contribution in [1.29, 1.82) is 0 Å². The summed E-state index contributed by atoms with van der Waals surface area (Å²) < 4.78 is 0. The molecule has 14 heavy (non-hydrogen) atoms. The van der Waals surface area contributed by atoms with Crippen molar-refractivity contribution >= 4 is 11.8 Å². The van der Waals surface area contributed by atoms with Gasteiger partial charge >= 0.3 is 5.97 Å². The van der Waals surface area contributed by atoms with Gasteiger partial charge in [-0.05, 0) is 6.42 Å². The minimum Gasteiger partial charge on any atom is -0.476 e. The Bertz CT molecular complexity index is 315. The van der Waals surface area contributed by atoms with Crippen molar-refractivity contribution in [2.45, 2.75) is 19.8 Å². The number of unbranched alkanes of at least 4 members (excludes halogenated alkanes) is 1. The van der Waals surface area contributed by atoms with Crippen LogP contribution < -0.4 is 5.32 Å². The first-order chi connectivity index (χ1) is 6.75. The summed E-state index contributed by atoms with van der Waals surface area (Å²) in [6.07, 6.45) is 4.88. The molecule has 0 saturated heterocycles. The van der Waals surface area contributed by atoms with E-state index in [1.165, 1.54) is 12.4 Å². The van der Waals surface area contributed by atoms with Crippen LogP contribution in [0.4, 0.5) is 5.82 Å². The van der Waals surface area contributed by atoms with Crippen LogP contribution in [-0.2, 0) is 0 Å². The molecular weight excluding hydrogens is 182 g/mol. The van der Waals surface area contributed by atoms with Crippen molar-refractivity contribution in [3.05, 3.63) is 18.1 Å². The van der Waals surface area contributed by atoms with Crippen molar-refractivity contribution in [1.82, 2.24) is 9.97 Å². The van der Waals surface area contributed by atoms with Gasteiger partial charge in [-0.3, -0.25) is 0 Å². The zero-order valence-corrected chi connectivity index (χ0v) is 8.03. The topological polar surface area (TPSA) is 75.1 Å². The lowest BCUT2D eigenvalue weighted by atomic mass is 10.3. The number of nitrogens with one attached hydrogen (secondary N) is 1. The summed E-state index contributed by atoms with van der Waals surface area (Å²) in [4.78, 5) is 18.4. The maximum atomic E-state index is 10.7. The minimum atomic E-state index is -1.06. The molecule has 0 unspecified atom stereocenters. The molecule has 2 N–H and O–H groups in total. The molecule has 1 heterocycles. The fourth-order valence-corrected chi connectivity index (χ4v) is 1.01. The molecule has 1 rings (SSSR count). The predicted octanol–water partition coefficient (Wildman–Crippen LogP) is 1.39. The lowest BCUT2D eigenvalue weighted by Gasteiger charge is -2.05. The molecule has 0 amide bonds. The van der Waals surface area contributed by atoms with E-state index in [2.05, 4.69) is 22.2 Å². The molecule has 0 spiro atoms. The first-order valence-electron chi connectivity index (χ1n) is 4.54. The highest BCUT2D eigenvalue weighted by molar-refractivity contribution is 5.90. The summed E-state index contributed by atoms with van der Waals surface area (Å²) in [6.45, 7) is 2.78. The summed E-state index contributed by atoms with van der Waals surface area (Å²) in [5.74, 6) is -0.717. The minimum absolute atomic E-state index is 0.0244. The Balaban J connectivity index is 2.69. The van der Waals surface area contributed by atoms with Crippen LogP contribution in [0.15, 0.2) is 12.4 Å². The lowest BCUT2D eigenvalue weighted by molar-refractivity contribution is 0.0691. The molecule has 76 valence electrons. The number of hydrogen-bond donors (Lipinski definition) is 2. The van der Waals surface area contributed by atoms with Gasteiger partial charge in [-0.2, -0.15) is 0 Å². The smallest absolute Gasteiger partial charge is 0.358 e. The Morgan fingerprint density at radius 1 is 1.50 bits per heavy atom. The summed E-state index contributed by atoms with van der Waals surface area (Å²) in [5, 5.41) is 11.7. The monoisotopic (exact) mass is 195 g/mol. The van der Waals surface area contributed by atoms with E-state index >= 15 is 0 Å². The van der Waals surface area contributed by atoms with Crippen LogP contribution in [0.5, 0.6) is 0 Å². The van der Waals surface area contributed by atoms with Crippen LogP contribution in [0, 0.1) is 0 Å². The largest absolute Gasteiger partial charge is 0.476 e. The van der Waals surface area contributed by atoms with Crippen LogP contribution in [0.3, 0.4) is 0 Å². The number of aromatic carboxylic acids is 1. The predicted molar refractivity (Wildman–Crippen MR) is 52.4 cm³/mol. The van der Waals surface area contributed by atoms with E-state index < -0.39 is 5.97 Å². The van der Waals surface area contributed by atoms with E-state index in [-0.39, 0.29) is 5.69 Å². The molecule has 0 radical (unpaired) electrons. The van der Waals surface area contributed by atoms with Crippen molar-refractivity contribution in [3.63, 3.8) is 0 Å². The SMILES string of the molecule is CCCCNc1nccnc1C(=O)O. The quantitative estimate of drug-likeness (QED) is 0.694. The molecule has 0 aliphatic carbocycles. The summed E-state index contributed by atoms with van der Waals surface area (Å²) in [6, 6.07) is 0. The zero-order chi connectivity index (χ0) is 10.4. The van der Waals surface area contributed by atoms with E-state index in [0.717, 1.165) is 19.4 Å². The van der Waals surface area contributed by atoms with E-state index in [4.69, 9.17) is 5.11 Å². The van der Waals surface area contributed by atoms with Gasteiger partial charge in [-0.25, -0.2) is 14.8 Å². The van der Waals surface area contributed by atoms with Gasteiger partial charge in [0.25, 0.3) is 0 Å². The molecule has 5 nitrogen and oxygen atoms in total. The summed E-state index contributed by atoms with van der Waals surface area (Å²) >= 11 is 0. The second kappa shape index (κ2) is 5.16. The standard InChI is InChI=1S/C9H13N3O2/c1-2-3-4-11-8-7(9(13)14)10-5-6-12-8/h5-6H,2-4H2,1H3,(H,11,12)(H,13,14). The maximum absolute atomic E-state index is 10.7. The first kappa shape index (κ1) is 10.4. The van der Waals surface area contributed by atoms with Crippen molar-refractivity contribution in [3.8, 4) is 0 Å². The average Bonchev–Trinajstić information content (AvgIpc) is 2.19. The van der Waals surface area contributed by atoms with E-state index in [1.54, 1.807) is 0 Å². The van der Waals surface area contributed by atoms with E-state index in [1.807, 2.05) is 0 Å². The van der Waals surface area contributed by atoms with Crippen molar-refractivity contribution in [2.24, 2.45) is 0 Å². The molecule has 0 aliphatic heterocycles. The van der Waals surface area contributed by atoms with Crippen LogP contribution in [0.2, 0.25) is 0 Å². The molecule has 0 fully saturated rings. The lowest BCUT2D eigenvalue weighted by Crippen LogP contribution is -2.10. The number of carboxylic acid groups (broad SMARTS) is 1. The second-order valence-corrected chi connectivity index (χ2v) is 2.84. The van der Waals surface area contributed by atoms with Gasteiger partial charge in [0.1, 0.15) is 0 Å². The van der Waals surface area contributed by atoms with Crippen LogP contribution in [0.1, 0.15) is 30.3 Å². The Morgan fingerprint density at radius 3 is 2.86 bits per heavy atom. The Labute approximate surface area is 82.2 Å². The summed E-state index contributed by atoms with van der Waals surface area (Å²) in [5.41, 5.74) is -0.0244. The molecular formula is C9H13N3O2. The highest BCUT2D eigenvalue weighted by Crippen LogP contribution is 2.07. The van der Waals surface area contributed by atoms with Gasteiger partial charge in [0, 0.05) is 18.9 Å². The second-order valence-electron chi connectivity index (χ2n) is 2.84. The van der Waals surface area contributed by atoms with Gasteiger partial charge in [-0.15, -0.1) is 0 Å². The highest BCUT2D eigenvalue weighted by Gasteiger charge is 2.11. The maximum Gasteiger partial charge on any atom is 0.358 e. The van der Waals surface area contributed by atoms with Crippen molar-refractivity contribution < 1.29 is 9.90 Å². The zero-order valence-electron chi connectivity index (χ0n) is 8.03. The van der Waals surface area contributed by atoms with Crippen LogP contribution in [0.25, 0.3) is 0 Å². The van der Waals surface area contributed by atoms with Crippen LogP contribution >= 0.6 is 0 Å². The number of carboxylic acids is 1. The normalized spacial score (nSPS) is 9.79.